The van der Waals surface area contributed by atoms with Crippen molar-refractivity contribution in [2.45, 2.75) is 13.8 Å². The molecule has 2 aromatic rings. The second kappa shape index (κ2) is 5.88. The van der Waals surface area contributed by atoms with E-state index in [1.165, 1.54) is 17.0 Å². The van der Waals surface area contributed by atoms with Gasteiger partial charge in [0.1, 0.15) is 5.75 Å². The summed E-state index contributed by atoms with van der Waals surface area (Å²) in [7, 11) is 4.96. The second-order valence-electron chi connectivity index (χ2n) is 5.24. The van der Waals surface area contributed by atoms with Gasteiger partial charge in [-0.15, -0.1) is 0 Å². The Balaban J connectivity index is 2.42. The largest absolute Gasteiger partial charge is 0.507 e. The fourth-order valence-corrected chi connectivity index (χ4v) is 2.22. The summed E-state index contributed by atoms with van der Waals surface area (Å²) in [5.41, 5.74) is 1.85. The summed E-state index contributed by atoms with van der Waals surface area (Å²) < 4.78 is 7.35. The van der Waals surface area contributed by atoms with Crippen molar-refractivity contribution in [3.63, 3.8) is 0 Å². The molecule has 1 aromatic heterocycles. The number of phenolic OH excluding ortho intramolecular Hbond substituents is 1. The van der Waals surface area contributed by atoms with Gasteiger partial charge in [0.2, 0.25) is 5.88 Å². The van der Waals surface area contributed by atoms with Crippen LogP contribution in [0.3, 0.4) is 0 Å². The zero-order chi connectivity index (χ0) is 16.6. The van der Waals surface area contributed by atoms with E-state index in [1.54, 1.807) is 25.8 Å². The van der Waals surface area contributed by atoms with Crippen LogP contribution in [0, 0.1) is 13.8 Å². The molecule has 1 N–H and O–H groups in total. The zero-order valence-electron chi connectivity index (χ0n) is 13.1. The SMILES string of the molecule is Cc1nn(C)c(Oc2cc(O)c(C(=O)N(C)C)cc2Cl)c1C. The van der Waals surface area contributed by atoms with Crippen molar-refractivity contribution >= 4 is 17.5 Å². The summed E-state index contributed by atoms with van der Waals surface area (Å²) in [5, 5.41) is 14.5. The van der Waals surface area contributed by atoms with Crippen molar-refractivity contribution in [2.75, 3.05) is 14.1 Å². The van der Waals surface area contributed by atoms with E-state index in [9.17, 15) is 9.90 Å². The molecule has 0 atom stereocenters. The lowest BCUT2D eigenvalue weighted by atomic mass is 10.1. The van der Waals surface area contributed by atoms with Crippen LogP contribution in [0.5, 0.6) is 17.4 Å². The first-order chi connectivity index (χ1) is 10.2. The number of halogens is 1. The van der Waals surface area contributed by atoms with Gasteiger partial charge in [-0.25, -0.2) is 4.68 Å². The van der Waals surface area contributed by atoms with Crippen molar-refractivity contribution in [1.82, 2.24) is 14.7 Å². The van der Waals surface area contributed by atoms with E-state index < -0.39 is 0 Å². The Morgan fingerprint density at radius 3 is 2.50 bits per heavy atom. The lowest BCUT2D eigenvalue weighted by Crippen LogP contribution is -2.21. The number of hydrogen-bond acceptors (Lipinski definition) is 4. The minimum absolute atomic E-state index is 0.125. The van der Waals surface area contributed by atoms with Gasteiger partial charge in [0.05, 0.1) is 16.3 Å². The molecule has 0 aliphatic heterocycles. The molecule has 0 unspecified atom stereocenters. The lowest BCUT2D eigenvalue weighted by Gasteiger charge is -2.14. The van der Waals surface area contributed by atoms with Crippen molar-refractivity contribution in [3.8, 4) is 17.4 Å². The first-order valence-corrected chi connectivity index (χ1v) is 7.02. The highest BCUT2D eigenvalue weighted by atomic mass is 35.5. The Hall–Kier alpha value is -2.21. The van der Waals surface area contributed by atoms with Crippen LogP contribution in [0.15, 0.2) is 12.1 Å². The molecule has 0 saturated heterocycles. The molecular weight excluding hydrogens is 306 g/mol. The van der Waals surface area contributed by atoms with Crippen LogP contribution in [0.2, 0.25) is 5.02 Å². The number of carbonyl (C=O) groups is 1. The van der Waals surface area contributed by atoms with Gasteiger partial charge in [0.25, 0.3) is 5.91 Å². The van der Waals surface area contributed by atoms with Gasteiger partial charge in [-0.2, -0.15) is 5.10 Å². The Morgan fingerprint density at radius 1 is 1.36 bits per heavy atom. The molecule has 6 nitrogen and oxygen atoms in total. The van der Waals surface area contributed by atoms with E-state index in [0.717, 1.165) is 11.3 Å². The number of hydrogen-bond donors (Lipinski definition) is 1. The van der Waals surface area contributed by atoms with Gasteiger partial charge < -0.3 is 14.7 Å². The van der Waals surface area contributed by atoms with E-state index in [1.807, 2.05) is 13.8 Å². The van der Waals surface area contributed by atoms with Crippen LogP contribution < -0.4 is 4.74 Å². The lowest BCUT2D eigenvalue weighted by molar-refractivity contribution is 0.0824. The molecule has 0 fully saturated rings. The topological polar surface area (TPSA) is 67.6 Å². The summed E-state index contributed by atoms with van der Waals surface area (Å²) in [4.78, 5) is 13.3. The molecule has 7 heteroatoms. The fraction of sp³-hybridized carbons (Fsp3) is 0.333. The molecule has 118 valence electrons. The van der Waals surface area contributed by atoms with Crippen molar-refractivity contribution < 1.29 is 14.6 Å². The molecule has 22 heavy (non-hydrogen) atoms. The number of phenols is 1. The molecule has 0 aliphatic carbocycles. The average Bonchev–Trinajstić information content (AvgIpc) is 2.68. The van der Waals surface area contributed by atoms with Gasteiger partial charge in [0.15, 0.2) is 5.75 Å². The third kappa shape index (κ3) is 2.87. The van der Waals surface area contributed by atoms with E-state index in [4.69, 9.17) is 16.3 Å². The standard InChI is InChI=1S/C15H18ClN3O3/c1-8-9(2)17-19(5)15(8)22-13-7-12(20)10(6-11(13)16)14(21)18(3)4/h6-7,20H,1-5H3. The number of nitrogens with zero attached hydrogens (tertiary/aromatic N) is 3. The van der Waals surface area contributed by atoms with Crippen molar-refractivity contribution in [2.24, 2.45) is 7.05 Å². The number of aromatic hydroxyl groups is 1. The predicted molar refractivity (Wildman–Crippen MR) is 83.9 cm³/mol. The highest BCUT2D eigenvalue weighted by Crippen LogP contribution is 2.36. The quantitative estimate of drug-likeness (QED) is 0.943. The Morgan fingerprint density at radius 2 is 2.00 bits per heavy atom. The summed E-state index contributed by atoms with van der Waals surface area (Å²) in [6.07, 6.45) is 0. The van der Waals surface area contributed by atoms with Gasteiger partial charge in [0, 0.05) is 32.8 Å². The number of benzene rings is 1. The number of carbonyl (C=O) groups excluding carboxylic acids is 1. The first-order valence-electron chi connectivity index (χ1n) is 6.64. The Labute approximate surface area is 133 Å². The fourth-order valence-electron chi connectivity index (χ4n) is 2.02. The summed E-state index contributed by atoms with van der Waals surface area (Å²) in [5.74, 6) is 0.277. The summed E-state index contributed by atoms with van der Waals surface area (Å²) in [6.45, 7) is 3.76. The number of aromatic nitrogens is 2. The van der Waals surface area contributed by atoms with Crippen LogP contribution in [-0.4, -0.2) is 39.8 Å². The maximum atomic E-state index is 12.0. The minimum atomic E-state index is -0.335. The molecule has 1 heterocycles. The Kier molecular flexibility index (Phi) is 4.32. The third-order valence-corrected chi connectivity index (χ3v) is 3.65. The van der Waals surface area contributed by atoms with E-state index in [0.29, 0.717) is 5.88 Å². The highest BCUT2D eigenvalue weighted by Gasteiger charge is 2.19. The number of rotatable bonds is 3. The number of amides is 1. The Bertz CT molecular complexity index is 738. The molecule has 1 amide bonds. The van der Waals surface area contributed by atoms with Gasteiger partial charge in [-0.1, -0.05) is 11.6 Å². The molecular formula is C15H18ClN3O3. The first kappa shape index (κ1) is 16.2. The molecule has 0 radical (unpaired) electrons. The summed E-state index contributed by atoms with van der Waals surface area (Å²) in [6, 6.07) is 2.73. The van der Waals surface area contributed by atoms with Crippen LogP contribution in [0.25, 0.3) is 0 Å². The molecule has 0 saturated carbocycles. The predicted octanol–water partition coefficient (Wildman–Crippen LogP) is 2.89. The maximum absolute atomic E-state index is 12.0. The van der Waals surface area contributed by atoms with Crippen LogP contribution in [-0.2, 0) is 7.05 Å². The van der Waals surface area contributed by atoms with E-state index in [-0.39, 0.29) is 28.0 Å². The van der Waals surface area contributed by atoms with Crippen molar-refractivity contribution in [3.05, 3.63) is 34.0 Å². The maximum Gasteiger partial charge on any atom is 0.257 e. The highest BCUT2D eigenvalue weighted by molar-refractivity contribution is 6.32. The van der Waals surface area contributed by atoms with E-state index in [2.05, 4.69) is 5.10 Å². The molecule has 2 rings (SSSR count). The van der Waals surface area contributed by atoms with Crippen molar-refractivity contribution in [1.29, 1.82) is 0 Å². The van der Waals surface area contributed by atoms with E-state index >= 15 is 0 Å². The normalized spacial score (nSPS) is 10.6. The average molecular weight is 324 g/mol. The van der Waals surface area contributed by atoms with Crippen LogP contribution in [0.1, 0.15) is 21.6 Å². The van der Waals surface area contributed by atoms with Crippen LogP contribution >= 0.6 is 11.6 Å². The number of aryl methyl sites for hydroxylation is 2. The smallest absolute Gasteiger partial charge is 0.257 e. The second-order valence-corrected chi connectivity index (χ2v) is 5.65. The minimum Gasteiger partial charge on any atom is -0.507 e. The monoisotopic (exact) mass is 323 g/mol. The van der Waals surface area contributed by atoms with Gasteiger partial charge in [-0.05, 0) is 19.9 Å². The van der Waals surface area contributed by atoms with Crippen LogP contribution in [0.4, 0.5) is 0 Å². The van der Waals surface area contributed by atoms with Gasteiger partial charge in [-0.3, -0.25) is 4.79 Å². The molecule has 1 aromatic carbocycles. The molecule has 0 aliphatic rings. The third-order valence-electron chi connectivity index (χ3n) is 3.35. The molecule has 0 spiro atoms. The molecule has 0 bridgehead atoms. The summed E-state index contributed by atoms with van der Waals surface area (Å²) >= 11 is 6.17. The number of ether oxygens (including phenoxy) is 1. The van der Waals surface area contributed by atoms with Gasteiger partial charge >= 0.3 is 0 Å². The zero-order valence-corrected chi connectivity index (χ0v) is 13.9.